The number of rotatable bonds is 3. The first-order chi connectivity index (χ1) is 6.97. The molecule has 0 saturated carbocycles. The Morgan fingerprint density at radius 1 is 1.53 bits per heavy atom. The first-order valence-electron chi connectivity index (χ1n) is 4.22. The highest BCUT2D eigenvalue weighted by molar-refractivity contribution is 9.10. The van der Waals surface area contributed by atoms with E-state index in [-0.39, 0.29) is 5.56 Å². The molecule has 0 saturated heterocycles. The second-order valence-electron chi connectivity index (χ2n) is 3.09. The number of aliphatic carboxylic acids is 1. The van der Waals surface area contributed by atoms with Crippen molar-refractivity contribution in [1.29, 1.82) is 0 Å². The zero-order valence-electron chi connectivity index (χ0n) is 8.32. The SMILES string of the molecule is COc1c(C)cc(Br)cc1C(O)C(=O)O. The summed E-state index contributed by atoms with van der Waals surface area (Å²) in [5.74, 6) is -0.904. The quantitative estimate of drug-likeness (QED) is 0.883. The molecule has 0 bridgehead atoms. The number of aliphatic hydroxyl groups is 1. The number of aliphatic hydroxyl groups excluding tert-OH is 1. The zero-order chi connectivity index (χ0) is 11.6. The topological polar surface area (TPSA) is 66.8 Å². The van der Waals surface area contributed by atoms with E-state index in [1.807, 2.05) is 0 Å². The molecule has 82 valence electrons. The Morgan fingerprint density at radius 3 is 2.60 bits per heavy atom. The Balaban J connectivity index is 3.32. The van der Waals surface area contributed by atoms with E-state index in [1.165, 1.54) is 13.2 Å². The lowest BCUT2D eigenvalue weighted by Gasteiger charge is -2.14. The lowest BCUT2D eigenvalue weighted by atomic mass is 10.0. The number of carboxylic acid groups (broad SMARTS) is 1. The first-order valence-corrected chi connectivity index (χ1v) is 5.01. The van der Waals surface area contributed by atoms with Gasteiger partial charge >= 0.3 is 5.97 Å². The second-order valence-corrected chi connectivity index (χ2v) is 4.00. The number of benzene rings is 1. The zero-order valence-corrected chi connectivity index (χ0v) is 9.91. The van der Waals surface area contributed by atoms with E-state index >= 15 is 0 Å². The molecule has 0 fully saturated rings. The Kier molecular flexibility index (Phi) is 3.71. The first kappa shape index (κ1) is 12.0. The van der Waals surface area contributed by atoms with Gasteiger partial charge < -0.3 is 14.9 Å². The van der Waals surface area contributed by atoms with Gasteiger partial charge in [0, 0.05) is 10.0 Å². The summed E-state index contributed by atoms with van der Waals surface area (Å²) in [4.78, 5) is 10.7. The van der Waals surface area contributed by atoms with Gasteiger partial charge in [0.15, 0.2) is 6.10 Å². The number of hydrogen-bond acceptors (Lipinski definition) is 3. The average Bonchev–Trinajstić information content (AvgIpc) is 2.15. The largest absolute Gasteiger partial charge is 0.496 e. The molecule has 1 rings (SSSR count). The summed E-state index contributed by atoms with van der Waals surface area (Å²) in [6, 6.07) is 3.32. The predicted molar refractivity (Wildman–Crippen MR) is 58.0 cm³/mol. The maximum atomic E-state index is 10.7. The lowest BCUT2D eigenvalue weighted by Crippen LogP contribution is -2.12. The van der Waals surface area contributed by atoms with E-state index < -0.39 is 12.1 Å². The molecule has 1 aromatic carbocycles. The molecule has 1 aromatic rings. The second kappa shape index (κ2) is 4.63. The molecule has 0 radical (unpaired) electrons. The van der Waals surface area contributed by atoms with Gasteiger partial charge in [0.05, 0.1) is 7.11 Å². The van der Waals surface area contributed by atoms with Crippen molar-refractivity contribution >= 4 is 21.9 Å². The fourth-order valence-electron chi connectivity index (χ4n) is 1.37. The molecule has 0 aliphatic carbocycles. The fourth-order valence-corrected chi connectivity index (χ4v) is 1.96. The Labute approximate surface area is 95.6 Å². The highest BCUT2D eigenvalue weighted by Gasteiger charge is 2.21. The van der Waals surface area contributed by atoms with E-state index in [1.54, 1.807) is 13.0 Å². The highest BCUT2D eigenvalue weighted by Crippen LogP contribution is 2.32. The normalized spacial score (nSPS) is 12.3. The third-order valence-corrected chi connectivity index (χ3v) is 2.46. The van der Waals surface area contributed by atoms with Gasteiger partial charge in [-0.25, -0.2) is 4.79 Å². The fraction of sp³-hybridized carbons (Fsp3) is 0.300. The number of methoxy groups -OCH3 is 1. The smallest absolute Gasteiger partial charge is 0.337 e. The number of hydrogen-bond donors (Lipinski definition) is 2. The molecule has 4 nitrogen and oxygen atoms in total. The molecular weight excluding hydrogens is 264 g/mol. The van der Waals surface area contributed by atoms with Crippen molar-refractivity contribution in [2.45, 2.75) is 13.0 Å². The Hall–Kier alpha value is -1.07. The molecule has 0 aliphatic heterocycles. The van der Waals surface area contributed by atoms with E-state index in [2.05, 4.69) is 15.9 Å². The Bertz CT molecular complexity index is 389. The van der Waals surface area contributed by atoms with Crippen LogP contribution in [0.3, 0.4) is 0 Å². The van der Waals surface area contributed by atoms with Crippen LogP contribution in [0.15, 0.2) is 16.6 Å². The van der Waals surface area contributed by atoms with E-state index in [0.29, 0.717) is 10.2 Å². The van der Waals surface area contributed by atoms with Crippen LogP contribution in [0.5, 0.6) is 5.75 Å². The summed E-state index contributed by atoms with van der Waals surface area (Å²) < 4.78 is 5.76. The molecule has 1 unspecified atom stereocenters. The van der Waals surface area contributed by atoms with Crippen LogP contribution in [0.1, 0.15) is 17.2 Å². The molecule has 0 heterocycles. The van der Waals surface area contributed by atoms with Crippen LogP contribution in [0.2, 0.25) is 0 Å². The summed E-state index contributed by atoms with van der Waals surface area (Å²) in [5.41, 5.74) is 1.01. The summed E-state index contributed by atoms with van der Waals surface area (Å²) in [7, 11) is 1.44. The van der Waals surface area contributed by atoms with Crippen molar-refractivity contribution in [3.05, 3.63) is 27.7 Å². The number of halogens is 1. The van der Waals surface area contributed by atoms with Gasteiger partial charge in [0.25, 0.3) is 0 Å². The van der Waals surface area contributed by atoms with Crippen LogP contribution < -0.4 is 4.74 Å². The van der Waals surface area contributed by atoms with Crippen molar-refractivity contribution < 1.29 is 19.7 Å². The maximum Gasteiger partial charge on any atom is 0.337 e. The third kappa shape index (κ3) is 2.49. The van der Waals surface area contributed by atoms with Crippen molar-refractivity contribution in [3.63, 3.8) is 0 Å². The van der Waals surface area contributed by atoms with E-state index in [0.717, 1.165) is 5.56 Å². The Morgan fingerprint density at radius 2 is 2.13 bits per heavy atom. The number of aryl methyl sites for hydroxylation is 1. The summed E-state index contributed by atoms with van der Waals surface area (Å²) in [6.45, 7) is 1.78. The lowest BCUT2D eigenvalue weighted by molar-refractivity contribution is -0.147. The van der Waals surface area contributed by atoms with Gasteiger partial charge in [-0.05, 0) is 24.6 Å². The predicted octanol–water partition coefficient (Wildman–Crippen LogP) is 1.88. The molecule has 15 heavy (non-hydrogen) atoms. The number of ether oxygens (including phenoxy) is 1. The minimum atomic E-state index is -1.57. The molecule has 0 aromatic heterocycles. The average molecular weight is 275 g/mol. The van der Waals surface area contributed by atoms with E-state index in [9.17, 15) is 9.90 Å². The minimum absolute atomic E-state index is 0.247. The molecule has 0 aliphatic rings. The molecule has 0 spiro atoms. The van der Waals surface area contributed by atoms with Crippen molar-refractivity contribution in [3.8, 4) is 5.75 Å². The number of carboxylic acids is 1. The van der Waals surface area contributed by atoms with Crippen LogP contribution >= 0.6 is 15.9 Å². The summed E-state index contributed by atoms with van der Waals surface area (Å²) in [6.07, 6.45) is -1.57. The maximum absolute atomic E-state index is 10.7. The van der Waals surface area contributed by atoms with Gasteiger partial charge in [-0.1, -0.05) is 15.9 Å². The van der Waals surface area contributed by atoms with Crippen molar-refractivity contribution in [1.82, 2.24) is 0 Å². The van der Waals surface area contributed by atoms with E-state index in [4.69, 9.17) is 9.84 Å². The molecule has 2 N–H and O–H groups in total. The van der Waals surface area contributed by atoms with Gasteiger partial charge in [0.2, 0.25) is 0 Å². The highest BCUT2D eigenvalue weighted by atomic mass is 79.9. The molecular formula is C10H11BrO4. The van der Waals surface area contributed by atoms with Crippen LogP contribution in [0, 0.1) is 6.92 Å². The van der Waals surface area contributed by atoms with Crippen LogP contribution in [-0.2, 0) is 4.79 Å². The monoisotopic (exact) mass is 274 g/mol. The van der Waals surface area contributed by atoms with Crippen LogP contribution in [0.4, 0.5) is 0 Å². The van der Waals surface area contributed by atoms with Gasteiger partial charge in [-0.15, -0.1) is 0 Å². The van der Waals surface area contributed by atoms with Gasteiger partial charge in [-0.2, -0.15) is 0 Å². The summed E-state index contributed by atoms with van der Waals surface area (Å²) >= 11 is 3.23. The van der Waals surface area contributed by atoms with Crippen LogP contribution in [-0.4, -0.2) is 23.3 Å². The molecule has 5 heteroatoms. The van der Waals surface area contributed by atoms with Gasteiger partial charge in [-0.3, -0.25) is 0 Å². The van der Waals surface area contributed by atoms with Crippen molar-refractivity contribution in [2.75, 3.05) is 7.11 Å². The molecule has 0 amide bonds. The number of carbonyl (C=O) groups is 1. The minimum Gasteiger partial charge on any atom is -0.496 e. The van der Waals surface area contributed by atoms with Gasteiger partial charge in [0.1, 0.15) is 5.75 Å². The molecule has 1 atom stereocenters. The van der Waals surface area contributed by atoms with Crippen LogP contribution in [0.25, 0.3) is 0 Å². The van der Waals surface area contributed by atoms with Crippen molar-refractivity contribution in [2.24, 2.45) is 0 Å². The summed E-state index contributed by atoms with van der Waals surface area (Å²) in [5, 5.41) is 18.2. The standard InChI is InChI=1S/C10H11BrO4/c1-5-3-6(11)4-7(9(5)15-2)8(12)10(13)14/h3-4,8,12H,1-2H3,(H,13,14). The third-order valence-electron chi connectivity index (χ3n) is 2.00.